The van der Waals surface area contributed by atoms with E-state index < -0.39 is 36.1 Å². The molecule has 3 unspecified atom stereocenters. The van der Waals surface area contributed by atoms with Gasteiger partial charge >= 0.3 is 5.97 Å². The summed E-state index contributed by atoms with van der Waals surface area (Å²) in [7, 11) is 0. The first-order chi connectivity index (χ1) is 13.8. The molecule has 2 aromatic rings. The van der Waals surface area contributed by atoms with Crippen molar-refractivity contribution in [2.75, 3.05) is 0 Å². The Morgan fingerprint density at radius 2 is 1.45 bits per heavy atom. The summed E-state index contributed by atoms with van der Waals surface area (Å²) in [5, 5.41) is 9.62. The molecule has 3 atom stereocenters. The lowest BCUT2D eigenvalue weighted by Crippen LogP contribution is -2.58. The minimum Gasteiger partial charge on any atom is -0.478 e. The van der Waals surface area contributed by atoms with Crippen molar-refractivity contribution < 1.29 is 24.2 Å². The van der Waals surface area contributed by atoms with Crippen LogP contribution in [0.2, 0.25) is 0 Å². The highest BCUT2D eigenvalue weighted by Gasteiger charge is 2.39. The number of carbonyl (C=O) groups is 3. The fourth-order valence-corrected chi connectivity index (χ4v) is 2.70. The highest BCUT2D eigenvalue weighted by atomic mass is 16.5. The lowest BCUT2D eigenvalue weighted by atomic mass is 10.1. The van der Waals surface area contributed by atoms with Crippen LogP contribution in [0.1, 0.15) is 18.1 Å². The fraction of sp³-hybridized carbons (Fsp3) is 0.286. The number of carbonyl (C=O) groups excluding carboxylic acids is 2. The topological polar surface area (TPSA) is 136 Å². The van der Waals surface area contributed by atoms with Crippen LogP contribution in [0.4, 0.5) is 0 Å². The third kappa shape index (κ3) is 6.21. The normalized spacial score (nSPS) is 13.9. The minimum absolute atomic E-state index is 0.109. The number of amides is 2. The molecule has 8 nitrogen and oxygen atoms in total. The van der Waals surface area contributed by atoms with E-state index >= 15 is 0 Å². The largest absolute Gasteiger partial charge is 0.478 e. The Hall–Kier alpha value is -3.07. The van der Waals surface area contributed by atoms with E-state index in [4.69, 9.17) is 16.2 Å². The van der Waals surface area contributed by atoms with E-state index in [1.54, 1.807) is 54.6 Å². The summed E-state index contributed by atoms with van der Waals surface area (Å²) in [6, 6.07) is 15.5. The maximum atomic E-state index is 12.9. The van der Waals surface area contributed by atoms with Crippen LogP contribution in [0.15, 0.2) is 60.7 Å². The standard InChI is InChI=1S/C21H25N3O5/c1-14(22)18(25)24(19(26)17(23)12-15-8-4-2-5-9-15)20(21(27)28)29-13-16-10-6-3-7-11-16/h2-11,14,17,20H,12-13,22-23H2,1H3,(H,27,28). The zero-order chi connectivity index (χ0) is 21.4. The van der Waals surface area contributed by atoms with Gasteiger partial charge in [0.05, 0.1) is 18.7 Å². The third-order valence-corrected chi connectivity index (χ3v) is 4.18. The van der Waals surface area contributed by atoms with Crippen LogP contribution >= 0.6 is 0 Å². The Balaban J connectivity index is 2.24. The van der Waals surface area contributed by atoms with E-state index in [1.807, 2.05) is 6.07 Å². The predicted octanol–water partition coefficient (Wildman–Crippen LogP) is 0.886. The molecule has 2 aromatic carbocycles. The summed E-state index contributed by atoms with van der Waals surface area (Å²) in [6.45, 7) is 1.25. The molecule has 0 aliphatic heterocycles. The van der Waals surface area contributed by atoms with Crippen molar-refractivity contribution in [2.45, 2.75) is 38.3 Å². The molecule has 0 aliphatic carbocycles. The molecule has 5 N–H and O–H groups in total. The van der Waals surface area contributed by atoms with Gasteiger partial charge in [0.2, 0.25) is 18.0 Å². The summed E-state index contributed by atoms with van der Waals surface area (Å²) < 4.78 is 5.42. The number of nitrogens with zero attached hydrogens (tertiary/aromatic N) is 1. The monoisotopic (exact) mass is 399 g/mol. The number of carboxylic acid groups (broad SMARTS) is 1. The van der Waals surface area contributed by atoms with Crippen LogP contribution in [-0.4, -0.2) is 46.1 Å². The first kappa shape index (κ1) is 22.2. The van der Waals surface area contributed by atoms with E-state index in [1.165, 1.54) is 6.92 Å². The number of benzene rings is 2. The number of carboxylic acids is 1. The number of ether oxygens (including phenoxy) is 1. The molecule has 0 spiro atoms. The molecular weight excluding hydrogens is 374 g/mol. The second-order valence-electron chi connectivity index (χ2n) is 6.62. The van der Waals surface area contributed by atoms with Crippen molar-refractivity contribution in [1.82, 2.24) is 4.90 Å². The van der Waals surface area contributed by atoms with E-state index in [2.05, 4.69) is 0 Å². The number of aliphatic carboxylic acids is 1. The molecule has 0 aromatic heterocycles. The van der Waals surface area contributed by atoms with Crippen LogP contribution in [0.3, 0.4) is 0 Å². The molecule has 0 radical (unpaired) electrons. The molecule has 2 rings (SSSR count). The fourth-order valence-electron chi connectivity index (χ4n) is 2.70. The summed E-state index contributed by atoms with van der Waals surface area (Å²) in [5.74, 6) is -3.23. The lowest BCUT2D eigenvalue weighted by Gasteiger charge is -2.30. The average Bonchev–Trinajstić information content (AvgIpc) is 2.71. The van der Waals surface area contributed by atoms with E-state index in [9.17, 15) is 19.5 Å². The van der Waals surface area contributed by atoms with Gasteiger partial charge in [0.15, 0.2) is 0 Å². The molecule has 0 heterocycles. The second kappa shape index (κ2) is 10.5. The first-order valence-electron chi connectivity index (χ1n) is 9.11. The van der Waals surface area contributed by atoms with Gasteiger partial charge in [0.1, 0.15) is 0 Å². The van der Waals surface area contributed by atoms with Gasteiger partial charge in [-0.15, -0.1) is 0 Å². The number of hydrogen-bond acceptors (Lipinski definition) is 6. The summed E-state index contributed by atoms with van der Waals surface area (Å²) in [4.78, 5) is 37.9. The highest BCUT2D eigenvalue weighted by molar-refractivity contribution is 6.02. The van der Waals surface area contributed by atoms with E-state index in [0.29, 0.717) is 10.5 Å². The van der Waals surface area contributed by atoms with Gasteiger partial charge in [0.25, 0.3) is 0 Å². The molecule has 154 valence electrons. The van der Waals surface area contributed by atoms with Crippen LogP contribution < -0.4 is 11.5 Å². The van der Waals surface area contributed by atoms with Gasteiger partial charge < -0.3 is 21.3 Å². The second-order valence-corrected chi connectivity index (χ2v) is 6.62. The van der Waals surface area contributed by atoms with Gasteiger partial charge in [-0.2, -0.15) is 0 Å². The third-order valence-electron chi connectivity index (χ3n) is 4.18. The number of nitrogens with two attached hydrogens (primary N) is 2. The Labute approximate surface area is 169 Å². The number of hydrogen-bond donors (Lipinski definition) is 3. The van der Waals surface area contributed by atoms with Gasteiger partial charge in [0, 0.05) is 0 Å². The molecular formula is C21H25N3O5. The maximum absolute atomic E-state index is 12.9. The Bertz CT molecular complexity index is 827. The van der Waals surface area contributed by atoms with Crippen molar-refractivity contribution in [3.05, 3.63) is 71.8 Å². The van der Waals surface area contributed by atoms with E-state index in [-0.39, 0.29) is 13.0 Å². The lowest BCUT2D eigenvalue weighted by molar-refractivity contribution is -0.180. The molecule has 0 bridgehead atoms. The summed E-state index contributed by atoms with van der Waals surface area (Å²) >= 11 is 0. The van der Waals surface area contributed by atoms with Crippen molar-refractivity contribution in [2.24, 2.45) is 11.5 Å². The molecule has 0 aliphatic rings. The maximum Gasteiger partial charge on any atom is 0.354 e. The molecule has 0 saturated carbocycles. The zero-order valence-electron chi connectivity index (χ0n) is 16.1. The smallest absolute Gasteiger partial charge is 0.354 e. The van der Waals surface area contributed by atoms with Gasteiger partial charge in [-0.25, -0.2) is 9.69 Å². The van der Waals surface area contributed by atoms with Crippen LogP contribution in [0.25, 0.3) is 0 Å². The summed E-state index contributed by atoms with van der Waals surface area (Å²) in [5.41, 5.74) is 13.1. The number of imide groups is 1. The van der Waals surface area contributed by atoms with Gasteiger partial charge in [-0.3, -0.25) is 9.59 Å². The van der Waals surface area contributed by atoms with Crippen molar-refractivity contribution in [1.29, 1.82) is 0 Å². The van der Waals surface area contributed by atoms with Crippen molar-refractivity contribution in [3.63, 3.8) is 0 Å². The first-order valence-corrected chi connectivity index (χ1v) is 9.11. The zero-order valence-corrected chi connectivity index (χ0v) is 16.1. The SMILES string of the molecule is CC(N)C(=O)N(C(=O)C(N)Cc1ccccc1)C(OCc1ccccc1)C(=O)O. The molecule has 29 heavy (non-hydrogen) atoms. The Morgan fingerprint density at radius 1 is 0.931 bits per heavy atom. The quantitative estimate of drug-likeness (QED) is 0.533. The molecule has 0 fully saturated rings. The van der Waals surface area contributed by atoms with Gasteiger partial charge in [-0.05, 0) is 24.5 Å². The summed E-state index contributed by atoms with van der Waals surface area (Å²) in [6.07, 6.45) is -1.71. The van der Waals surface area contributed by atoms with Gasteiger partial charge in [-0.1, -0.05) is 60.7 Å². The van der Waals surface area contributed by atoms with Crippen LogP contribution in [0, 0.1) is 0 Å². The minimum atomic E-state index is -1.84. The Morgan fingerprint density at radius 3 is 1.93 bits per heavy atom. The predicted molar refractivity (Wildman–Crippen MR) is 106 cm³/mol. The average molecular weight is 399 g/mol. The van der Waals surface area contributed by atoms with Crippen molar-refractivity contribution in [3.8, 4) is 0 Å². The van der Waals surface area contributed by atoms with E-state index in [0.717, 1.165) is 5.56 Å². The Kier molecular flexibility index (Phi) is 8.02. The number of rotatable bonds is 9. The van der Waals surface area contributed by atoms with Crippen LogP contribution in [0.5, 0.6) is 0 Å². The van der Waals surface area contributed by atoms with Crippen LogP contribution in [-0.2, 0) is 32.1 Å². The molecule has 8 heteroatoms. The highest BCUT2D eigenvalue weighted by Crippen LogP contribution is 2.13. The van der Waals surface area contributed by atoms with Crippen molar-refractivity contribution >= 4 is 17.8 Å². The molecule has 0 saturated heterocycles. The molecule has 2 amide bonds.